The van der Waals surface area contributed by atoms with E-state index in [1.165, 1.54) is 30.5 Å². The molecule has 2 aromatic carbocycles. The lowest BCUT2D eigenvalue weighted by molar-refractivity contribution is -0.123. The van der Waals surface area contributed by atoms with Crippen molar-refractivity contribution in [2.75, 3.05) is 19.8 Å². The van der Waals surface area contributed by atoms with E-state index in [4.69, 9.17) is 9.47 Å². The molecule has 2 aromatic rings. The van der Waals surface area contributed by atoms with Crippen molar-refractivity contribution in [2.45, 2.75) is 18.9 Å². The minimum atomic E-state index is -0.435. The van der Waals surface area contributed by atoms with Gasteiger partial charge in [0.1, 0.15) is 11.6 Å². The van der Waals surface area contributed by atoms with Gasteiger partial charge in [0, 0.05) is 18.7 Å². The summed E-state index contributed by atoms with van der Waals surface area (Å²) in [4.78, 5) is 23.7. The molecule has 1 heterocycles. The molecule has 8 heteroatoms. The maximum atomic E-state index is 12.9. The third-order valence-corrected chi connectivity index (χ3v) is 4.29. The molecule has 2 N–H and O–H groups in total. The van der Waals surface area contributed by atoms with Gasteiger partial charge in [-0.3, -0.25) is 9.59 Å². The number of carbonyl (C=O) groups excluding carboxylic acids is 2. The largest absolute Gasteiger partial charge is 0.484 e. The Morgan fingerprint density at radius 1 is 1.17 bits per heavy atom. The summed E-state index contributed by atoms with van der Waals surface area (Å²) in [6.07, 6.45) is 3.57. The normalized spacial score (nSPS) is 16.0. The molecule has 3 rings (SSSR count). The van der Waals surface area contributed by atoms with Gasteiger partial charge in [-0.05, 0) is 66.9 Å². The summed E-state index contributed by atoms with van der Waals surface area (Å²) in [5.74, 6) is -0.498. The molecule has 0 aromatic heterocycles. The molecule has 0 unspecified atom stereocenters. The number of nitrogens with one attached hydrogen (secondary N) is 2. The van der Waals surface area contributed by atoms with Crippen LogP contribution in [0.3, 0.4) is 0 Å². The van der Waals surface area contributed by atoms with Crippen LogP contribution in [0.4, 0.5) is 4.39 Å². The number of hydrogen-bond donors (Lipinski definition) is 2. The molecule has 1 saturated heterocycles. The van der Waals surface area contributed by atoms with Gasteiger partial charge in [-0.1, -0.05) is 0 Å². The average molecular weight is 399 g/mol. The first-order valence-electron chi connectivity index (χ1n) is 9.30. The highest BCUT2D eigenvalue weighted by Crippen LogP contribution is 2.12. The van der Waals surface area contributed by atoms with Crippen LogP contribution in [0.25, 0.3) is 0 Å². The van der Waals surface area contributed by atoms with E-state index in [1.807, 2.05) is 0 Å². The number of ether oxygens (including phenoxy) is 2. The highest BCUT2D eigenvalue weighted by Gasteiger charge is 2.16. The van der Waals surface area contributed by atoms with Gasteiger partial charge >= 0.3 is 0 Å². The van der Waals surface area contributed by atoms with Gasteiger partial charge in [0.25, 0.3) is 11.8 Å². The molecule has 29 heavy (non-hydrogen) atoms. The van der Waals surface area contributed by atoms with Crippen LogP contribution in [0.15, 0.2) is 53.6 Å². The fourth-order valence-corrected chi connectivity index (χ4v) is 2.71. The van der Waals surface area contributed by atoms with Gasteiger partial charge in [0.05, 0.1) is 12.3 Å². The van der Waals surface area contributed by atoms with Crippen LogP contribution in [0.2, 0.25) is 0 Å². The zero-order valence-electron chi connectivity index (χ0n) is 15.8. The zero-order valence-corrected chi connectivity index (χ0v) is 15.8. The molecule has 7 nitrogen and oxygen atoms in total. The first-order valence-corrected chi connectivity index (χ1v) is 9.30. The van der Waals surface area contributed by atoms with E-state index < -0.39 is 11.7 Å². The van der Waals surface area contributed by atoms with Gasteiger partial charge in [0.15, 0.2) is 6.61 Å². The lowest BCUT2D eigenvalue weighted by Crippen LogP contribution is -2.35. The summed E-state index contributed by atoms with van der Waals surface area (Å²) in [5, 5.41) is 6.66. The molecule has 2 amide bonds. The summed E-state index contributed by atoms with van der Waals surface area (Å²) in [6.45, 7) is 1.18. The Morgan fingerprint density at radius 2 is 1.93 bits per heavy atom. The second-order valence-electron chi connectivity index (χ2n) is 6.50. The fourth-order valence-electron chi connectivity index (χ4n) is 2.71. The summed E-state index contributed by atoms with van der Waals surface area (Å²) in [5.41, 5.74) is 3.42. The van der Waals surface area contributed by atoms with Crippen molar-refractivity contribution in [3.63, 3.8) is 0 Å². The second kappa shape index (κ2) is 10.3. The van der Waals surface area contributed by atoms with Crippen molar-refractivity contribution in [3.8, 4) is 5.75 Å². The van der Waals surface area contributed by atoms with Gasteiger partial charge in [-0.25, -0.2) is 9.82 Å². The molecule has 0 bridgehead atoms. The van der Waals surface area contributed by atoms with Gasteiger partial charge in [-0.15, -0.1) is 0 Å². The number of nitrogens with zero attached hydrogens (tertiary/aromatic N) is 1. The van der Waals surface area contributed by atoms with Crippen LogP contribution >= 0.6 is 0 Å². The van der Waals surface area contributed by atoms with Crippen molar-refractivity contribution in [1.29, 1.82) is 0 Å². The van der Waals surface area contributed by atoms with Crippen LogP contribution in [0.1, 0.15) is 28.8 Å². The minimum Gasteiger partial charge on any atom is -0.484 e. The maximum Gasteiger partial charge on any atom is 0.271 e. The number of benzene rings is 2. The van der Waals surface area contributed by atoms with Crippen molar-refractivity contribution in [3.05, 3.63) is 65.5 Å². The van der Waals surface area contributed by atoms with Crippen LogP contribution < -0.4 is 15.5 Å². The van der Waals surface area contributed by atoms with E-state index in [0.717, 1.165) is 25.0 Å². The van der Waals surface area contributed by atoms with Crippen LogP contribution in [-0.4, -0.2) is 43.9 Å². The molecule has 0 aliphatic carbocycles. The molecule has 1 atom stereocenters. The van der Waals surface area contributed by atoms with E-state index >= 15 is 0 Å². The predicted octanol–water partition coefficient (Wildman–Crippen LogP) is 2.26. The average Bonchev–Trinajstić information content (AvgIpc) is 3.26. The number of rotatable bonds is 8. The van der Waals surface area contributed by atoms with E-state index in [-0.39, 0.29) is 18.6 Å². The summed E-state index contributed by atoms with van der Waals surface area (Å²) < 4.78 is 23.8. The molecule has 1 aliphatic heterocycles. The SMILES string of the molecule is O=C(COc1ccc(/C=N/NC(=O)c2ccc(F)cc2)cc1)NC[C@@H]1CCCO1. The van der Waals surface area contributed by atoms with E-state index in [0.29, 0.717) is 17.9 Å². The van der Waals surface area contributed by atoms with E-state index in [9.17, 15) is 14.0 Å². The molecular weight excluding hydrogens is 377 g/mol. The van der Waals surface area contributed by atoms with Crippen molar-refractivity contribution >= 4 is 18.0 Å². The number of hydrogen-bond acceptors (Lipinski definition) is 5. The number of amides is 2. The van der Waals surface area contributed by atoms with Crippen LogP contribution in [0, 0.1) is 5.82 Å². The lowest BCUT2D eigenvalue weighted by Gasteiger charge is -2.11. The number of hydrazone groups is 1. The third kappa shape index (κ3) is 6.69. The monoisotopic (exact) mass is 399 g/mol. The molecular formula is C21H22FN3O4. The summed E-state index contributed by atoms with van der Waals surface area (Å²) in [6, 6.07) is 12.1. The zero-order chi connectivity index (χ0) is 20.5. The Morgan fingerprint density at radius 3 is 2.62 bits per heavy atom. The van der Waals surface area contributed by atoms with Gasteiger partial charge in [-0.2, -0.15) is 5.10 Å². The van der Waals surface area contributed by atoms with Crippen molar-refractivity contribution in [2.24, 2.45) is 5.10 Å². The Bertz CT molecular complexity index is 847. The van der Waals surface area contributed by atoms with Crippen LogP contribution in [-0.2, 0) is 9.53 Å². The van der Waals surface area contributed by atoms with Crippen molar-refractivity contribution in [1.82, 2.24) is 10.7 Å². The maximum absolute atomic E-state index is 12.9. The number of halogens is 1. The van der Waals surface area contributed by atoms with E-state index in [1.54, 1.807) is 24.3 Å². The van der Waals surface area contributed by atoms with Crippen molar-refractivity contribution < 1.29 is 23.5 Å². The molecule has 152 valence electrons. The molecule has 1 fully saturated rings. The van der Waals surface area contributed by atoms with Gasteiger partial charge in [0.2, 0.25) is 0 Å². The Kier molecular flexibility index (Phi) is 7.29. The quantitative estimate of drug-likeness (QED) is 0.526. The highest BCUT2D eigenvalue weighted by atomic mass is 19.1. The lowest BCUT2D eigenvalue weighted by atomic mass is 10.2. The first kappa shape index (κ1) is 20.5. The fraction of sp³-hybridized carbons (Fsp3) is 0.286. The Labute approximate surface area is 167 Å². The first-order chi connectivity index (χ1) is 14.1. The smallest absolute Gasteiger partial charge is 0.271 e. The molecule has 0 spiro atoms. The standard InChI is InChI=1S/C21H22FN3O4/c22-17-7-5-16(6-8-17)21(27)25-24-12-15-3-9-18(10-4-15)29-14-20(26)23-13-19-2-1-11-28-19/h3-10,12,19H,1-2,11,13-14H2,(H,23,26)(H,25,27)/b24-12+/t19-/m0/s1. The molecule has 0 saturated carbocycles. The Balaban J connectivity index is 1.39. The summed E-state index contributed by atoms with van der Waals surface area (Å²) >= 11 is 0. The van der Waals surface area contributed by atoms with Gasteiger partial charge < -0.3 is 14.8 Å². The highest BCUT2D eigenvalue weighted by molar-refractivity contribution is 5.94. The number of carbonyl (C=O) groups is 2. The predicted molar refractivity (Wildman–Crippen MR) is 105 cm³/mol. The topological polar surface area (TPSA) is 89.0 Å². The third-order valence-electron chi connectivity index (χ3n) is 4.29. The van der Waals surface area contributed by atoms with E-state index in [2.05, 4.69) is 15.8 Å². The second-order valence-corrected chi connectivity index (χ2v) is 6.50. The minimum absolute atomic E-state index is 0.0755. The van der Waals surface area contributed by atoms with Crippen LogP contribution in [0.5, 0.6) is 5.75 Å². The summed E-state index contributed by atoms with van der Waals surface area (Å²) in [7, 11) is 0. The Hall–Kier alpha value is -3.26. The molecule has 1 aliphatic rings. The molecule has 0 radical (unpaired) electrons.